The summed E-state index contributed by atoms with van der Waals surface area (Å²) in [6.07, 6.45) is 7.57. The van der Waals surface area contributed by atoms with Crippen molar-refractivity contribution in [3.63, 3.8) is 0 Å². The molecular formula is C12H23N. The molecule has 1 heteroatoms. The molecule has 13 heavy (non-hydrogen) atoms. The van der Waals surface area contributed by atoms with Crippen molar-refractivity contribution in [3.05, 3.63) is 0 Å². The fourth-order valence-electron chi connectivity index (χ4n) is 2.84. The smallest absolute Gasteiger partial charge is 0.00966 e. The maximum Gasteiger partial charge on any atom is 0.00966 e. The summed E-state index contributed by atoms with van der Waals surface area (Å²) in [4.78, 5) is 0. The quantitative estimate of drug-likeness (QED) is 0.690. The molecule has 0 aromatic heterocycles. The van der Waals surface area contributed by atoms with Crippen LogP contribution in [0.15, 0.2) is 0 Å². The maximum atomic E-state index is 3.61. The molecule has 0 aromatic carbocycles. The maximum absolute atomic E-state index is 3.61. The number of hydrogen-bond acceptors (Lipinski definition) is 1. The van der Waals surface area contributed by atoms with Crippen LogP contribution in [0.1, 0.15) is 52.9 Å². The monoisotopic (exact) mass is 181 g/mol. The van der Waals surface area contributed by atoms with Crippen molar-refractivity contribution in [2.75, 3.05) is 6.54 Å². The van der Waals surface area contributed by atoms with Gasteiger partial charge in [0.15, 0.2) is 0 Å². The van der Waals surface area contributed by atoms with Gasteiger partial charge in [0.05, 0.1) is 0 Å². The SMILES string of the molecule is CC(C)(C)NCC1CC2(CCC2)C1. The Labute approximate surface area is 82.3 Å². The van der Waals surface area contributed by atoms with Crippen LogP contribution in [0.3, 0.4) is 0 Å². The van der Waals surface area contributed by atoms with Crippen LogP contribution >= 0.6 is 0 Å². The lowest BCUT2D eigenvalue weighted by Crippen LogP contribution is -2.49. The molecule has 1 nitrogen and oxygen atoms in total. The average Bonchev–Trinajstić information content (AvgIpc) is 1.77. The normalized spacial score (nSPS) is 27.0. The highest BCUT2D eigenvalue weighted by molar-refractivity contribution is 4.99. The molecule has 0 atom stereocenters. The van der Waals surface area contributed by atoms with Crippen molar-refractivity contribution in [2.45, 2.75) is 58.4 Å². The van der Waals surface area contributed by atoms with E-state index in [9.17, 15) is 0 Å². The van der Waals surface area contributed by atoms with Crippen LogP contribution in [-0.4, -0.2) is 12.1 Å². The van der Waals surface area contributed by atoms with E-state index < -0.39 is 0 Å². The molecule has 0 saturated heterocycles. The van der Waals surface area contributed by atoms with Gasteiger partial charge in [-0.25, -0.2) is 0 Å². The average molecular weight is 181 g/mol. The molecule has 2 aliphatic rings. The van der Waals surface area contributed by atoms with Crippen molar-refractivity contribution < 1.29 is 0 Å². The first kappa shape index (κ1) is 9.51. The molecular weight excluding hydrogens is 158 g/mol. The molecule has 0 heterocycles. The summed E-state index contributed by atoms with van der Waals surface area (Å²) in [6, 6.07) is 0. The van der Waals surface area contributed by atoms with E-state index in [1.165, 1.54) is 38.6 Å². The topological polar surface area (TPSA) is 12.0 Å². The van der Waals surface area contributed by atoms with Crippen LogP contribution in [0.25, 0.3) is 0 Å². The Morgan fingerprint density at radius 3 is 2.23 bits per heavy atom. The van der Waals surface area contributed by atoms with E-state index in [2.05, 4.69) is 26.1 Å². The van der Waals surface area contributed by atoms with Crippen LogP contribution in [-0.2, 0) is 0 Å². The zero-order valence-corrected chi connectivity index (χ0v) is 9.32. The van der Waals surface area contributed by atoms with E-state index in [0.29, 0.717) is 5.54 Å². The van der Waals surface area contributed by atoms with Crippen molar-refractivity contribution in [1.29, 1.82) is 0 Å². The lowest BCUT2D eigenvalue weighted by atomic mass is 9.52. The molecule has 0 amide bonds. The number of hydrogen-bond donors (Lipinski definition) is 1. The molecule has 1 spiro atoms. The molecule has 0 unspecified atom stereocenters. The zero-order valence-electron chi connectivity index (χ0n) is 9.32. The van der Waals surface area contributed by atoms with Gasteiger partial charge in [-0.2, -0.15) is 0 Å². The van der Waals surface area contributed by atoms with Gasteiger partial charge in [0.2, 0.25) is 0 Å². The van der Waals surface area contributed by atoms with Crippen LogP contribution in [0.5, 0.6) is 0 Å². The van der Waals surface area contributed by atoms with Crippen molar-refractivity contribution >= 4 is 0 Å². The predicted molar refractivity (Wildman–Crippen MR) is 56.8 cm³/mol. The van der Waals surface area contributed by atoms with Gasteiger partial charge in [-0.15, -0.1) is 0 Å². The van der Waals surface area contributed by atoms with E-state index in [-0.39, 0.29) is 0 Å². The van der Waals surface area contributed by atoms with Crippen LogP contribution in [0.2, 0.25) is 0 Å². The van der Waals surface area contributed by atoms with E-state index in [0.717, 1.165) is 11.3 Å². The largest absolute Gasteiger partial charge is 0.312 e. The zero-order chi connectivity index (χ0) is 9.53. The minimum absolute atomic E-state index is 0.308. The third-order valence-electron chi connectivity index (χ3n) is 3.78. The Morgan fingerprint density at radius 1 is 1.23 bits per heavy atom. The molecule has 2 fully saturated rings. The first-order valence-electron chi connectivity index (χ1n) is 5.74. The number of rotatable bonds is 2. The summed E-state index contributed by atoms with van der Waals surface area (Å²) < 4.78 is 0. The van der Waals surface area contributed by atoms with Crippen molar-refractivity contribution in [1.82, 2.24) is 5.32 Å². The second-order valence-electron chi connectivity index (χ2n) is 6.26. The molecule has 0 radical (unpaired) electrons. The Balaban J connectivity index is 1.64. The molecule has 0 bridgehead atoms. The van der Waals surface area contributed by atoms with Gasteiger partial charge in [-0.1, -0.05) is 6.42 Å². The molecule has 0 aliphatic heterocycles. The van der Waals surface area contributed by atoms with Crippen LogP contribution < -0.4 is 5.32 Å². The van der Waals surface area contributed by atoms with Gasteiger partial charge in [-0.05, 0) is 64.3 Å². The third kappa shape index (κ3) is 2.07. The van der Waals surface area contributed by atoms with Gasteiger partial charge in [0, 0.05) is 5.54 Å². The molecule has 2 aliphatic carbocycles. The minimum Gasteiger partial charge on any atom is -0.312 e. The second kappa shape index (κ2) is 2.98. The van der Waals surface area contributed by atoms with E-state index in [1.807, 2.05) is 0 Å². The predicted octanol–water partition coefficient (Wildman–Crippen LogP) is 2.95. The molecule has 76 valence electrons. The lowest BCUT2D eigenvalue weighted by molar-refractivity contribution is -0.0254. The Kier molecular flexibility index (Phi) is 2.18. The third-order valence-corrected chi connectivity index (χ3v) is 3.78. The van der Waals surface area contributed by atoms with E-state index in [1.54, 1.807) is 0 Å². The van der Waals surface area contributed by atoms with Gasteiger partial charge in [0.1, 0.15) is 0 Å². The lowest BCUT2D eigenvalue weighted by Gasteiger charge is -2.54. The first-order valence-corrected chi connectivity index (χ1v) is 5.74. The van der Waals surface area contributed by atoms with Crippen LogP contribution in [0, 0.1) is 11.3 Å². The Bertz CT molecular complexity index is 178. The summed E-state index contributed by atoms with van der Waals surface area (Å²) in [5.41, 5.74) is 1.16. The summed E-state index contributed by atoms with van der Waals surface area (Å²) in [5, 5.41) is 3.61. The van der Waals surface area contributed by atoms with E-state index in [4.69, 9.17) is 0 Å². The van der Waals surface area contributed by atoms with Gasteiger partial charge in [-0.3, -0.25) is 0 Å². The molecule has 1 N–H and O–H groups in total. The molecule has 0 aromatic rings. The number of nitrogens with one attached hydrogen (secondary N) is 1. The van der Waals surface area contributed by atoms with Crippen molar-refractivity contribution in [2.24, 2.45) is 11.3 Å². The van der Waals surface area contributed by atoms with E-state index >= 15 is 0 Å². The summed E-state index contributed by atoms with van der Waals surface area (Å²) >= 11 is 0. The van der Waals surface area contributed by atoms with Gasteiger partial charge in [0.25, 0.3) is 0 Å². The minimum atomic E-state index is 0.308. The first-order chi connectivity index (χ1) is 5.99. The highest BCUT2D eigenvalue weighted by Gasteiger charge is 2.47. The fraction of sp³-hybridized carbons (Fsp3) is 1.00. The summed E-state index contributed by atoms with van der Waals surface area (Å²) in [5.74, 6) is 0.986. The highest BCUT2D eigenvalue weighted by atomic mass is 14.9. The Hall–Kier alpha value is -0.0400. The molecule has 2 rings (SSSR count). The summed E-state index contributed by atoms with van der Waals surface area (Å²) in [6.45, 7) is 8.01. The standard InChI is InChI=1S/C12H23N/c1-11(2,3)13-9-10-7-12(8-10)5-4-6-12/h10,13H,4-9H2,1-3H3. The highest BCUT2D eigenvalue weighted by Crippen LogP contribution is 2.58. The summed E-state index contributed by atoms with van der Waals surface area (Å²) in [7, 11) is 0. The second-order valence-corrected chi connectivity index (χ2v) is 6.26. The fourth-order valence-corrected chi connectivity index (χ4v) is 2.84. The van der Waals surface area contributed by atoms with Crippen LogP contribution in [0.4, 0.5) is 0 Å². The van der Waals surface area contributed by atoms with Gasteiger partial charge >= 0.3 is 0 Å². The van der Waals surface area contributed by atoms with Crippen molar-refractivity contribution in [3.8, 4) is 0 Å². The van der Waals surface area contributed by atoms with Gasteiger partial charge < -0.3 is 5.32 Å². The Morgan fingerprint density at radius 2 is 1.85 bits per heavy atom. The molecule has 2 saturated carbocycles.